The van der Waals surface area contributed by atoms with E-state index in [-0.39, 0.29) is 5.91 Å². The van der Waals surface area contributed by atoms with Gasteiger partial charge in [0, 0.05) is 49.4 Å². The van der Waals surface area contributed by atoms with Gasteiger partial charge in [0.05, 0.1) is 6.61 Å². The summed E-state index contributed by atoms with van der Waals surface area (Å²) in [5.41, 5.74) is 1.69. The molecule has 0 bridgehead atoms. The van der Waals surface area contributed by atoms with E-state index in [1.165, 1.54) is 0 Å². The number of piperidine rings is 1. The molecule has 120 valence electrons. The van der Waals surface area contributed by atoms with Crippen LogP contribution in [0.4, 0.5) is 0 Å². The summed E-state index contributed by atoms with van der Waals surface area (Å²) < 4.78 is 5.66. The molecule has 1 saturated heterocycles. The molecule has 0 aromatic carbocycles. The van der Waals surface area contributed by atoms with Crippen molar-refractivity contribution in [3.8, 4) is 6.01 Å². The van der Waals surface area contributed by atoms with Crippen molar-refractivity contribution in [1.82, 2.24) is 19.9 Å². The fraction of sp³-hybridized carbons (Fsp3) is 0.412. The number of hydrogen-bond donors (Lipinski definition) is 0. The maximum absolute atomic E-state index is 12.5. The van der Waals surface area contributed by atoms with Crippen molar-refractivity contribution in [2.45, 2.75) is 19.8 Å². The lowest BCUT2D eigenvalue weighted by molar-refractivity contribution is 0.0628. The molecule has 0 N–H and O–H groups in total. The molecular weight excluding hydrogens is 292 g/mol. The Labute approximate surface area is 135 Å². The molecule has 0 radical (unpaired) electrons. The molecule has 3 heterocycles. The van der Waals surface area contributed by atoms with Crippen molar-refractivity contribution >= 4 is 5.91 Å². The molecule has 23 heavy (non-hydrogen) atoms. The van der Waals surface area contributed by atoms with Crippen LogP contribution in [0, 0.1) is 12.8 Å². The van der Waals surface area contributed by atoms with Gasteiger partial charge in [0.2, 0.25) is 0 Å². The Morgan fingerprint density at radius 2 is 2.04 bits per heavy atom. The van der Waals surface area contributed by atoms with Gasteiger partial charge in [-0.1, -0.05) is 0 Å². The minimum atomic E-state index is 0.0590. The number of amides is 1. The van der Waals surface area contributed by atoms with E-state index >= 15 is 0 Å². The van der Waals surface area contributed by atoms with E-state index in [4.69, 9.17) is 4.74 Å². The topological polar surface area (TPSA) is 68.2 Å². The Bertz CT molecular complexity index is 645. The molecular formula is C17H20N4O2. The Hall–Kier alpha value is -2.50. The maximum Gasteiger partial charge on any atom is 0.316 e. The van der Waals surface area contributed by atoms with Crippen LogP contribution in [-0.2, 0) is 0 Å². The highest BCUT2D eigenvalue weighted by Crippen LogP contribution is 2.19. The number of hydrogen-bond acceptors (Lipinski definition) is 5. The predicted octanol–water partition coefficient (Wildman–Crippen LogP) is 2.11. The van der Waals surface area contributed by atoms with Gasteiger partial charge in [0.25, 0.3) is 5.91 Å². The highest BCUT2D eigenvalue weighted by molar-refractivity contribution is 5.94. The van der Waals surface area contributed by atoms with Crippen LogP contribution in [0.15, 0.2) is 36.9 Å². The molecule has 2 aromatic heterocycles. The smallest absolute Gasteiger partial charge is 0.316 e. The van der Waals surface area contributed by atoms with E-state index in [2.05, 4.69) is 15.0 Å². The molecule has 6 heteroatoms. The van der Waals surface area contributed by atoms with Gasteiger partial charge in [-0.3, -0.25) is 9.78 Å². The third-order valence-electron chi connectivity index (χ3n) is 3.94. The van der Waals surface area contributed by atoms with E-state index in [1.54, 1.807) is 36.9 Å². The van der Waals surface area contributed by atoms with Crippen LogP contribution in [0.1, 0.15) is 28.8 Å². The summed E-state index contributed by atoms with van der Waals surface area (Å²) in [5, 5.41) is 0. The number of pyridine rings is 1. The van der Waals surface area contributed by atoms with E-state index in [9.17, 15) is 4.79 Å². The van der Waals surface area contributed by atoms with E-state index in [1.807, 2.05) is 11.8 Å². The van der Waals surface area contributed by atoms with E-state index in [0.717, 1.165) is 24.9 Å². The first-order chi connectivity index (χ1) is 11.2. The van der Waals surface area contributed by atoms with Gasteiger partial charge in [-0.2, -0.15) is 0 Å². The monoisotopic (exact) mass is 312 g/mol. The van der Waals surface area contributed by atoms with Gasteiger partial charge >= 0.3 is 6.01 Å². The lowest BCUT2D eigenvalue weighted by Gasteiger charge is -2.32. The van der Waals surface area contributed by atoms with Crippen LogP contribution in [0.3, 0.4) is 0 Å². The molecule has 6 nitrogen and oxygen atoms in total. The first-order valence-electron chi connectivity index (χ1n) is 7.83. The van der Waals surface area contributed by atoms with Crippen LogP contribution < -0.4 is 4.74 Å². The number of likely N-dealkylation sites (tertiary alicyclic amines) is 1. The van der Waals surface area contributed by atoms with Gasteiger partial charge in [-0.05, 0) is 37.5 Å². The second-order valence-electron chi connectivity index (χ2n) is 5.85. The number of aromatic nitrogens is 3. The summed E-state index contributed by atoms with van der Waals surface area (Å²) >= 11 is 0. The number of carbonyl (C=O) groups excluding carboxylic acids is 1. The Balaban J connectivity index is 1.56. The quantitative estimate of drug-likeness (QED) is 0.865. The number of rotatable bonds is 4. The number of ether oxygens (including phenoxy) is 1. The van der Waals surface area contributed by atoms with Crippen LogP contribution >= 0.6 is 0 Å². The average molecular weight is 312 g/mol. The van der Waals surface area contributed by atoms with Crippen molar-refractivity contribution in [3.63, 3.8) is 0 Å². The molecule has 1 atom stereocenters. The maximum atomic E-state index is 12.5. The molecule has 1 amide bonds. The van der Waals surface area contributed by atoms with Crippen molar-refractivity contribution in [3.05, 3.63) is 48.0 Å². The van der Waals surface area contributed by atoms with Crippen LogP contribution in [0.25, 0.3) is 0 Å². The zero-order chi connectivity index (χ0) is 16.1. The van der Waals surface area contributed by atoms with E-state index < -0.39 is 0 Å². The minimum Gasteiger partial charge on any atom is -0.463 e. The summed E-state index contributed by atoms with van der Waals surface area (Å²) in [5.74, 6) is 0.364. The van der Waals surface area contributed by atoms with Crippen LogP contribution in [0.5, 0.6) is 6.01 Å². The molecule has 3 rings (SSSR count). The highest BCUT2D eigenvalue weighted by atomic mass is 16.5. The van der Waals surface area contributed by atoms with Crippen LogP contribution in [0.2, 0.25) is 0 Å². The van der Waals surface area contributed by atoms with Gasteiger partial charge < -0.3 is 9.64 Å². The normalized spacial score (nSPS) is 17.8. The summed E-state index contributed by atoms with van der Waals surface area (Å²) in [6.07, 6.45) is 8.80. The largest absolute Gasteiger partial charge is 0.463 e. The molecule has 0 aliphatic carbocycles. The molecule has 2 aromatic rings. The van der Waals surface area contributed by atoms with E-state index in [0.29, 0.717) is 30.6 Å². The number of aryl methyl sites for hydroxylation is 1. The lowest BCUT2D eigenvalue weighted by Crippen LogP contribution is -2.41. The second-order valence-corrected chi connectivity index (χ2v) is 5.85. The standard InChI is InChI=1S/C17H20N4O2/c1-13-9-19-17(20-10-13)23-12-14-3-2-8-21(11-14)16(22)15-4-6-18-7-5-15/h4-7,9-10,14H,2-3,8,11-12H2,1H3. The van der Waals surface area contributed by atoms with Gasteiger partial charge in [0.15, 0.2) is 0 Å². The lowest BCUT2D eigenvalue weighted by atomic mass is 9.98. The Morgan fingerprint density at radius 3 is 2.78 bits per heavy atom. The molecule has 1 fully saturated rings. The Morgan fingerprint density at radius 1 is 1.30 bits per heavy atom. The summed E-state index contributed by atoms with van der Waals surface area (Å²) in [6.45, 7) is 3.96. The zero-order valence-corrected chi connectivity index (χ0v) is 13.2. The third-order valence-corrected chi connectivity index (χ3v) is 3.94. The number of nitrogens with zero attached hydrogens (tertiary/aromatic N) is 4. The molecule has 0 saturated carbocycles. The van der Waals surface area contributed by atoms with Crippen molar-refractivity contribution < 1.29 is 9.53 Å². The predicted molar refractivity (Wildman–Crippen MR) is 85.1 cm³/mol. The molecule has 1 aliphatic rings. The van der Waals surface area contributed by atoms with Gasteiger partial charge in [0.1, 0.15) is 0 Å². The summed E-state index contributed by atoms with van der Waals surface area (Å²) in [4.78, 5) is 26.6. The first-order valence-corrected chi connectivity index (χ1v) is 7.83. The SMILES string of the molecule is Cc1cnc(OCC2CCCN(C(=O)c3ccncc3)C2)nc1. The van der Waals surface area contributed by atoms with Crippen molar-refractivity contribution in [2.75, 3.05) is 19.7 Å². The highest BCUT2D eigenvalue weighted by Gasteiger charge is 2.25. The van der Waals surface area contributed by atoms with Crippen molar-refractivity contribution in [1.29, 1.82) is 0 Å². The molecule has 1 aliphatic heterocycles. The van der Waals surface area contributed by atoms with Gasteiger partial charge in [-0.25, -0.2) is 9.97 Å². The molecule has 0 spiro atoms. The third kappa shape index (κ3) is 4.03. The fourth-order valence-corrected chi connectivity index (χ4v) is 2.71. The second kappa shape index (κ2) is 7.17. The minimum absolute atomic E-state index is 0.0590. The molecule has 1 unspecified atom stereocenters. The summed E-state index contributed by atoms with van der Waals surface area (Å²) in [7, 11) is 0. The van der Waals surface area contributed by atoms with Gasteiger partial charge in [-0.15, -0.1) is 0 Å². The fourth-order valence-electron chi connectivity index (χ4n) is 2.71. The first kappa shape index (κ1) is 15.4. The summed E-state index contributed by atoms with van der Waals surface area (Å²) in [6, 6.07) is 3.90. The van der Waals surface area contributed by atoms with Crippen LogP contribution in [-0.4, -0.2) is 45.5 Å². The number of carbonyl (C=O) groups is 1. The zero-order valence-electron chi connectivity index (χ0n) is 13.2. The van der Waals surface area contributed by atoms with Crippen molar-refractivity contribution in [2.24, 2.45) is 5.92 Å². The average Bonchev–Trinajstić information content (AvgIpc) is 2.61. The Kier molecular flexibility index (Phi) is 4.80.